The number of rotatable bonds is 4. The molecule has 5 heteroatoms. The summed E-state index contributed by atoms with van der Waals surface area (Å²) in [5.74, 6) is 1.48. The van der Waals surface area contributed by atoms with E-state index in [1.807, 2.05) is 59.4 Å². The number of benzene rings is 4. The monoisotopic (exact) mass is 703 g/mol. The van der Waals surface area contributed by atoms with Crippen molar-refractivity contribution in [1.29, 1.82) is 0 Å². The molecule has 2 aromatic heterocycles. The number of hydrogen-bond acceptors (Lipinski definition) is 3. The Bertz CT molecular complexity index is 1700. The zero-order chi connectivity index (χ0) is 27.4. The van der Waals surface area contributed by atoms with Crippen molar-refractivity contribution in [2.45, 2.75) is 33.6 Å². The maximum Gasteiger partial charge on any atom is 0.148 e. The van der Waals surface area contributed by atoms with Crippen LogP contribution < -0.4 is 0 Å². The van der Waals surface area contributed by atoms with E-state index in [0.717, 1.165) is 33.9 Å². The van der Waals surface area contributed by atoms with E-state index in [4.69, 9.17) is 0 Å². The van der Waals surface area contributed by atoms with Gasteiger partial charge in [-0.1, -0.05) is 76.2 Å². The van der Waals surface area contributed by atoms with Crippen LogP contribution in [0.15, 0.2) is 110 Å². The molecule has 0 amide bonds. The molecular formula is C35H32IrN3O-. The van der Waals surface area contributed by atoms with Crippen LogP contribution in [0, 0.1) is 19.9 Å². The van der Waals surface area contributed by atoms with Crippen LogP contribution in [-0.2, 0) is 20.1 Å². The molecule has 0 fully saturated rings. The van der Waals surface area contributed by atoms with Gasteiger partial charge in [-0.2, -0.15) is 0 Å². The first kappa shape index (κ1) is 28.9. The van der Waals surface area contributed by atoms with E-state index in [0.29, 0.717) is 5.92 Å². The third-order valence-corrected chi connectivity index (χ3v) is 6.69. The summed E-state index contributed by atoms with van der Waals surface area (Å²) in [5, 5.41) is 12.4. The average molecular weight is 703 g/mol. The summed E-state index contributed by atoms with van der Waals surface area (Å²) in [6, 6.07) is 33.5. The Morgan fingerprint density at radius 1 is 0.775 bits per heavy atom. The summed E-state index contributed by atoms with van der Waals surface area (Å²) >= 11 is 0. The van der Waals surface area contributed by atoms with Gasteiger partial charge < -0.3 is 10.1 Å². The van der Waals surface area contributed by atoms with E-state index in [2.05, 4.69) is 80.1 Å². The number of nitrogens with zero attached hydrogens (tertiary/aromatic N) is 3. The topological polar surface area (TPSA) is 50.9 Å². The molecule has 0 saturated carbocycles. The number of hydrogen-bond donors (Lipinski definition) is 1. The summed E-state index contributed by atoms with van der Waals surface area (Å²) in [4.78, 5) is 8.96. The summed E-state index contributed by atoms with van der Waals surface area (Å²) in [7, 11) is 0. The second kappa shape index (κ2) is 12.9. The smallest absolute Gasteiger partial charge is 0.148 e. The zero-order valence-corrected chi connectivity index (χ0v) is 25.5. The average Bonchev–Trinajstić information content (AvgIpc) is 3.43. The molecule has 0 bridgehead atoms. The van der Waals surface area contributed by atoms with Crippen LogP contribution in [0.3, 0.4) is 0 Å². The van der Waals surface area contributed by atoms with Gasteiger partial charge in [-0.25, -0.2) is 4.98 Å². The number of aromatic hydroxyl groups is 1. The van der Waals surface area contributed by atoms with Crippen LogP contribution in [0.5, 0.6) is 5.75 Å². The van der Waals surface area contributed by atoms with Crippen molar-refractivity contribution in [2.75, 3.05) is 0 Å². The van der Waals surface area contributed by atoms with Gasteiger partial charge >= 0.3 is 0 Å². The Kier molecular flexibility index (Phi) is 9.31. The molecule has 0 aliphatic rings. The third kappa shape index (κ3) is 6.22. The number of para-hydroxylation sites is 2. The van der Waals surface area contributed by atoms with Crippen LogP contribution in [0.4, 0.5) is 0 Å². The third-order valence-electron chi connectivity index (χ3n) is 6.69. The summed E-state index contributed by atoms with van der Waals surface area (Å²) in [6.07, 6.45) is 5.53. The molecule has 203 valence electrons. The molecule has 0 aliphatic heterocycles. The zero-order valence-electron chi connectivity index (χ0n) is 23.1. The Morgan fingerprint density at radius 3 is 2.25 bits per heavy atom. The minimum Gasteiger partial charge on any atom is -0.507 e. The van der Waals surface area contributed by atoms with Gasteiger partial charge in [0.1, 0.15) is 11.6 Å². The Balaban J connectivity index is 0.000000182. The first-order valence-electron chi connectivity index (χ1n) is 13.2. The van der Waals surface area contributed by atoms with Crippen LogP contribution in [-0.4, -0.2) is 19.6 Å². The number of aromatic nitrogens is 3. The Labute approximate surface area is 249 Å². The Hall–Kier alpha value is -4.05. The van der Waals surface area contributed by atoms with Crippen LogP contribution in [0.1, 0.15) is 36.5 Å². The van der Waals surface area contributed by atoms with E-state index >= 15 is 0 Å². The molecule has 0 spiro atoms. The van der Waals surface area contributed by atoms with Gasteiger partial charge in [0.25, 0.3) is 0 Å². The molecule has 0 saturated heterocycles. The summed E-state index contributed by atoms with van der Waals surface area (Å²) in [5.41, 5.74) is 7.64. The molecule has 4 nitrogen and oxygen atoms in total. The predicted molar refractivity (Wildman–Crippen MR) is 160 cm³/mol. The van der Waals surface area contributed by atoms with E-state index < -0.39 is 0 Å². The fourth-order valence-corrected chi connectivity index (χ4v) is 4.93. The van der Waals surface area contributed by atoms with Crippen molar-refractivity contribution in [3.8, 4) is 34.1 Å². The first-order valence-corrected chi connectivity index (χ1v) is 13.2. The molecule has 6 aromatic rings. The maximum atomic E-state index is 9.90. The maximum absolute atomic E-state index is 9.90. The van der Waals surface area contributed by atoms with Gasteiger partial charge in [0.15, 0.2) is 0 Å². The van der Waals surface area contributed by atoms with Gasteiger partial charge in [-0.15, -0.1) is 34.9 Å². The molecule has 0 atom stereocenters. The number of phenols is 1. The number of pyridine rings is 1. The SMILES string of the molecule is Cc1[c-]c(-c2nccc3c(C(C)C)cccc23)cc(C)c1.Oc1ccccc1-c1nccn1-c1ccccc1.[Ir]. The van der Waals surface area contributed by atoms with Gasteiger partial charge in [0, 0.05) is 44.4 Å². The minimum absolute atomic E-state index is 0. The van der Waals surface area contributed by atoms with Crippen molar-refractivity contribution >= 4 is 10.8 Å². The largest absolute Gasteiger partial charge is 0.507 e. The molecule has 2 heterocycles. The summed E-state index contributed by atoms with van der Waals surface area (Å²) in [6.45, 7) is 8.67. The predicted octanol–water partition coefficient (Wildman–Crippen LogP) is 8.68. The fraction of sp³-hybridized carbons (Fsp3) is 0.143. The van der Waals surface area contributed by atoms with Crippen molar-refractivity contribution in [2.24, 2.45) is 0 Å². The number of fused-ring (bicyclic) bond motifs is 1. The molecule has 4 aromatic carbocycles. The van der Waals surface area contributed by atoms with Gasteiger partial charge in [-0.05, 0) is 58.3 Å². The van der Waals surface area contributed by atoms with Crippen molar-refractivity contribution < 1.29 is 25.2 Å². The van der Waals surface area contributed by atoms with E-state index in [1.54, 1.807) is 18.3 Å². The van der Waals surface area contributed by atoms with Crippen LogP contribution in [0.25, 0.3) is 39.1 Å². The fourth-order valence-electron chi connectivity index (χ4n) is 4.93. The molecule has 1 radical (unpaired) electrons. The Morgan fingerprint density at radius 2 is 1.52 bits per heavy atom. The van der Waals surface area contributed by atoms with Crippen molar-refractivity contribution in [3.63, 3.8) is 0 Å². The van der Waals surface area contributed by atoms with Crippen molar-refractivity contribution in [1.82, 2.24) is 14.5 Å². The van der Waals surface area contributed by atoms with Crippen LogP contribution in [0.2, 0.25) is 0 Å². The van der Waals surface area contributed by atoms with Gasteiger partial charge in [0.05, 0.1) is 5.56 Å². The first-order chi connectivity index (χ1) is 18.9. The standard InChI is InChI=1S/C20H20N.C15H12N2O.Ir/c1-13(2)17-6-5-7-19-18(17)8-9-21-20(19)16-11-14(3)10-15(4)12-16;18-14-9-5-4-8-13(14)15-16-10-11-17(15)12-6-2-1-3-7-12;/h5-11,13H,1-4H3;1-11,18H;/q-1;;. The van der Waals surface area contributed by atoms with Gasteiger partial charge in [-0.3, -0.25) is 4.57 Å². The molecule has 0 unspecified atom stereocenters. The number of phenolic OH excluding ortho intramolecular Hbond substituents is 1. The molecule has 1 N–H and O–H groups in total. The minimum atomic E-state index is 0. The van der Waals surface area contributed by atoms with Crippen LogP contribution >= 0.6 is 0 Å². The quantitative estimate of drug-likeness (QED) is 0.187. The van der Waals surface area contributed by atoms with Gasteiger partial charge in [0.2, 0.25) is 0 Å². The van der Waals surface area contributed by atoms with E-state index in [9.17, 15) is 5.11 Å². The molecular weight excluding hydrogens is 671 g/mol. The number of imidazole rings is 1. The molecule has 6 rings (SSSR count). The molecule has 40 heavy (non-hydrogen) atoms. The normalized spacial score (nSPS) is 10.6. The van der Waals surface area contributed by atoms with Crippen molar-refractivity contribution in [3.05, 3.63) is 132 Å². The number of aryl methyl sites for hydroxylation is 2. The second-order valence-electron chi connectivity index (χ2n) is 9.98. The molecule has 0 aliphatic carbocycles. The van der Waals surface area contributed by atoms with E-state index in [1.165, 1.54) is 21.9 Å². The second-order valence-corrected chi connectivity index (χ2v) is 9.98. The van der Waals surface area contributed by atoms with E-state index in [-0.39, 0.29) is 25.9 Å². The summed E-state index contributed by atoms with van der Waals surface area (Å²) < 4.78 is 1.95.